The zero-order chi connectivity index (χ0) is 12.5. The van der Waals surface area contributed by atoms with Gasteiger partial charge in [0.05, 0.1) is 0 Å². The van der Waals surface area contributed by atoms with E-state index < -0.39 is 0 Å². The molecular formula is C14H28N2S. The van der Waals surface area contributed by atoms with Crippen LogP contribution in [0.5, 0.6) is 0 Å². The number of hydrogen-bond acceptors (Lipinski definition) is 3. The van der Waals surface area contributed by atoms with Gasteiger partial charge in [-0.1, -0.05) is 13.8 Å². The van der Waals surface area contributed by atoms with Gasteiger partial charge in [0.1, 0.15) is 0 Å². The maximum atomic E-state index is 6.01. The first kappa shape index (κ1) is 13.7. The Balaban J connectivity index is 1.96. The average Bonchev–Trinajstić information content (AvgIpc) is 2.28. The minimum absolute atomic E-state index is 0.466. The van der Waals surface area contributed by atoms with Crippen molar-refractivity contribution in [3.05, 3.63) is 0 Å². The normalized spacial score (nSPS) is 38.3. The van der Waals surface area contributed by atoms with E-state index in [-0.39, 0.29) is 0 Å². The Labute approximate surface area is 111 Å². The summed E-state index contributed by atoms with van der Waals surface area (Å²) in [6, 6.07) is 1.99. The van der Waals surface area contributed by atoms with Crippen LogP contribution in [-0.2, 0) is 0 Å². The van der Waals surface area contributed by atoms with E-state index in [1.807, 2.05) is 0 Å². The van der Waals surface area contributed by atoms with Crippen molar-refractivity contribution in [2.75, 3.05) is 18.6 Å². The Hall–Kier alpha value is 0.270. The number of nitrogens with zero attached hydrogens (tertiary/aromatic N) is 1. The van der Waals surface area contributed by atoms with Crippen molar-refractivity contribution >= 4 is 11.8 Å². The minimum Gasteiger partial charge on any atom is -0.328 e. The zero-order valence-electron chi connectivity index (χ0n) is 11.6. The molecule has 2 nitrogen and oxygen atoms in total. The summed E-state index contributed by atoms with van der Waals surface area (Å²) in [6.45, 7) is 4.89. The third-order valence-electron chi connectivity index (χ3n) is 4.88. The quantitative estimate of drug-likeness (QED) is 0.824. The minimum atomic E-state index is 0.466. The number of nitrogens with two attached hydrogens (primary N) is 1. The lowest BCUT2D eigenvalue weighted by molar-refractivity contribution is 0.0640. The predicted octanol–water partition coefficient (Wildman–Crippen LogP) is 2.72. The third kappa shape index (κ3) is 3.18. The molecule has 2 rings (SSSR count). The molecule has 2 N–H and O–H groups in total. The Morgan fingerprint density at radius 3 is 2.41 bits per heavy atom. The van der Waals surface area contributed by atoms with Gasteiger partial charge in [-0.3, -0.25) is 4.90 Å². The van der Waals surface area contributed by atoms with Crippen molar-refractivity contribution in [3.63, 3.8) is 0 Å². The molecule has 1 saturated heterocycles. The van der Waals surface area contributed by atoms with Crippen LogP contribution in [-0.4, -0.2) is 41.6 Å². The Morgan fingerprint density at radius 1 is 1.18 bits per heavy atom. The van der Waals surface area contributed by atoms with E-state index in [2.05, 4.69) is 37.6 Å². The first-order valence-corrected chi connectivity index (χ1v) is 8.21. The summed E-state index contributed by atoms with van der Waals surface area (Å²) in [5, 5.41) is 0. The van der Waals surface area contributed by atoms with Crippen LogP contribution in [0.3, 0.4) is 0 Å². The van der Waals surface area contributed by atoms with Crippen molar-refractivity contribution in [1.29, 1.82) is 0 Å². The summed E-state index contributed by atoms with van der Waals surface area (Å²) in [4.78, 5) is 2.68. The maximum absolute atomic E-state index is 6.01. The SMILES string of the molecule is CN(C1CCC(N)CC1)C1CSCCC1(C)C. The van der Waals surface area contributed by atoms with Gasteiger partial charge in [-0.05, 0) is 50.3 Å². The van der Waals surface area contributed by atoms with Crippen molar-refractivity contribution in [2.45, 2.75) is 64.1 Å². The molecule has 100 valence electrons. The Kier molecular flexibility index (Phi) is 4.43. The Bertz CT molecular complexity index is 247. The lowest BCUT2D eigenvalue weighted by Gasteiger charge is -2.47. The van der Waals surface area contributed by atoms with Crippen LogP contribution in [0.2, 0.25) is 0 Å². The third-order valence-corrected chi connectivity index (χ3v) is 5.92. The molecule has 1 aliphatic carbocycles. The van der Waals surface area contributed by atoms with Crippen LogP contribution < -0.4 is 5.73 Å². The smallest absolute Gasteiger partial charge is 0.0237 e. The van der Waals surface area contributed by atoms with Crippen LogP contribution in [0.15, 0.2) is 0 Å². The van der Waals surface area contributed by atoms with Crippen LogP contribution in [0.25, 0.3) is 0 Å². The molecule has 0 amide bonds. The molecule has 2 fully saturated rings. The fourth-order valence-corrected chi connectivity index (χ4v) is 5.10. The number of thioether (sulfide) groups is 1. The van der Waals surface area contributed by atoms with Gasteiger partial charge in [-0.25, -0.2) is 0 Å². The first-order chi connectivity index (χ1) is 8.00. The van der Waals surface area contributed by atoms with Gasteiger partial charge in [0.2, 0.25) is 0 Å². The highest BCUT2D eigenvalue weighted by molar-refractivity contribution is 7.99. The molecule has 0 aromatic carbocycles. The molecule has 17 heavy (non-hydrogen) atoms. The van der Waals surface area contributed by atoms with Crippen LogP contribution in [0.4, 0.5) is 0 Å². The molecule has 1 atom stereocenters. The monoisotopic (exact) mass is 256 g/mol. The molecule has 0 bridgehead atoms. The molecule has 1 unspecified atom stereocenters. The Morgan fingerprint density at radius 2 is 1.82 bits per heavy atom. The van der Waals surface area contributed by atoms with E-state index in [0.717, 1.165) is 12.1 Å². The molecule has 1 aliphatic heterocycles. The molecule has 0 spiro atoms. The van der Waals surface area contributed by atoms with Crippen LogP contribution in [0.1, 0.15) is 46.0 Å². The van der Waals surface area contributed by atoms with Gasteiger partial charge >= 0.3 is 0 Å². The standard InChI is InChI=1S/C14H28N2S/c1-14(2)8-9-17-10-13(14)16(3)12-6-4-11(15)5-7-12/h11-13H,4-10,15H2,1-3H3. The second-order valence-corrected chi connectivity index (χ2v) is 7.71. The van der Waals surface area contributed by atoms with Crippen molar-refractivity contribution < 1.29 is 0 Å². The van der Waals surface area contributed by atoms with E-state index in [1.165, 1.54) is 43.6 Å². The molecule has 1 heterocycles. The van der Waals surface area contributed by atoms with Crippen LogP contribution >= 0.6 is 11.8 Å². The topological polar surface area (TPSA) is 29.3 Å². The lowest BCUT2D eigenvalue weighted by Crippen LogP contribution is -2.52. The van der Waals surface area contributed by atoms with Gasteiger partial charge < -0.3 is 5.73 Å². The summed E-state index contributed by atoms with van der Waals surface area (Å²) >= 11 is 2.13. The first-order valence-electron chi connectivity index (χ1n) is 7.06. The predicted molar refractivity (Wildman–Crippen MR) is 77.5 cm³/mol. The van der Waals surface area contributed by atoms with E-state index >= 15 is 0 Å². The van der Waals surface area contributed by atoms with Gasteiger partial charge in [0, 0.05) is 23.9 Å². The summed E-state index contributed by atoms with van der Waals surface area (Å²) in [5.74, 6) is 2.65. The van der Waals surface area contributed by atoms with Crippen LogP contribution in [0, 0.1) is 5.41 Å². The lowest BCUT2D eigenvalue weighted by atomic mass is 9.79. The molecule has 0 radical (unpaired) electrons. The highest BCUT2D eigenvalue weighted by Gasteiger charge is 2.38. The molecule has 2 aliphatic rings. The molecule has 3 heteroatoms. The van der Waals surface area contributed by atoms with Crippen molar-refractivity contribution in [1.82, 2.24) is 4.90 Å². The second-order valence-electron chi connectivity index (χ2n) is 6.56. The summed E-state index contributed by atoms with van der Waals surface area (Å²) in [5.41, 5.74) is 6.49. The average molecular weight is 256 g/mol. The molecular weight excluding hydrogens is 228 g/mol. The highest BCUT2D eigenvalue weighted by atomic mass is 32.2. The van der Waals surface area contributed by atoms with E-state index in [1.54, 1.807) is 0 Å². The van der Waals surface area contributed by atoms with Gasteiger partial charge in [0.25, 0.3) is 0 Å². The largest absolute Gasteiger partial charge is 0.328 e. The summed E-state index contributed by atoms with van der Waals surface area (Å²) in [7, 11) is 2.35. The fourth-order valence-electron chi connectivity index (χ4n) is 3.35. The summed E-state index contributed by atoms with van der Waals surface area (Å²) in [6.07, 6.45) is 6.40. The highest BCUT2D eigenvalue weighted by Crippen LogP contribution is 2.38. The second kappa shape index (κ2) is 5.50. The summed E-state index contributed by atoms with van der Waals surface area (Å²) < 4.78 is 0. The number of rotatable bonds is 2. The van der Waals surface area contributed by atoms with Crippen molar-refractivity contribution in [2.24, 2.45) is 11.1 Å². The molecule has 0 aromatic heterocycles. The van der Waals surface area contributed by atoms with Gasteiger partial charge in [-0.15, -0.1) is 0 Å². The van der Waals surface area contributed by atoms with E-state index in [9.17, 15) is 0 Å². The molecule has 0 aromatic rings. The molecule has 1 saturated carbocycles. The maximum Gasteiger partial charge on any atom is 0.0237 e. The fraction of sp³-hybridized carbons (Fsp3) is 1.00. The van der Waals surface area contributed by atoms with E-state index in [4.69, 9.17) is 5.73 Å². The van der Waals surface area contributed by atoms with E-state index in [0.29, 0.717) is 11.5 Å². The van der Waals surface area contributed by atoms with Gasteiger partial charge in [0.15, 0.2) is 0 Å². The van der Waals surface area contributed by atoms with Gasteiger partial charge in [-0.2, -0.15) is 11.8 Å². The van der Waals surface area contributed by atoms with Crippen molar-refractivity contribution in [3.8, 4) is 0 Å². The number of hydrogen-bond donors (Lipinski definition) is 1. The zero-order valence-corrected chi connectivity index (χ0v) is 12.4.